The molecule has 0 unspecified atom stereocenters. The molecule has 42 valence electrons. The van der Waals surface area contributed by atoms with E-state index in [2.05, 4.69) is 13.2 Å². The second-order valence-electron chi connectivity index (χ2n) is 1.11. The molecule has 0 aliphatic rings. The minimum Gasteiger partial charge on any atom is -1.00 e. The average Bonchev–Trinajstić information content (AvgIpc) is 1.69. The Balaban J connectivity index is -0.000000180. The van der Waals surface area contributed by atoms with E-state index in [1.165, 1.54) is 0 Å². The number of rotatable bonds is 4. The predicted molar refractivity (Wildman–Crippen MR) is 32.3 cm³/mol. The third-order valence-electron chi connectivity index (χ3n) is 0.471. The minimum absolute atomic E-state index is 0. The van der Waals surface area contributed by atoms with Gasteiger partial charge in [-0.05, 0) is 0 Å². The van der Waals surface area contributed by atoms with Crippen molar-refractivity contribution in [2.24, 2.45) is 0 Å². The van der Waals surface area contributed by atoms with Gasteiger partial charge in [-0.15, -0.1) is 13.2 Å². The van der Waals surface area contributed by atoms with E-state index in [0.29, 0.717) is 13.2 Å². The zero-order valence-electron chi connectivity index (χ0n) is 6.39. The molecule has 0 fully saturated rings. The number of hydrogen-bond acceptors (Lipinski definition) is 1. The number of hydrogen-bond donors (Lipinski definition) is 0. The Kier molecular flexibility index (Phi) is 14.7. The van der Waals surface area contributed by atoms with Gasteiger partial charge in [0.1, 0.15) is 0 Å². The van der Waals surface area contributed by atoms with E-state index >= 15 is 0 Å². The third kappa shape index (κ3) is 9.67. The Labute approximate surface area is 74.2 Å². The first kappa shape index (κ1) is 11.3. The first-order valence-electron chi connectivity index (χ1n) is 2.21. The van der Waals surface area contributed by atoms with Crippen LogP contribution in [0.25, 0.3) is 0 Å². The van der Waals surface area contributed by atoms with E-state index in [0.717, 1.165) is 0 Å². The molecular formula is C6H11NaO. The van der Waals surface area contributed by atoms with Crippen LogP contribution >= 0.6 is 0 Å². The van der Waals surface area contributed by atoms with Crippen molar-refractivity contribution in [1.29, 1.82) is 0 Å². The molecule has 0 saturated heterocycles. The van der Waals surface area contributed by atoms with Crippen molar-refractivity contribution in [3.8, 4) is 0 Å². The van der Waals surface area contributed by atoms with Crippen molar-refractivity contribution in [3.63, 3.8) is 0 Å². The van der Waals surface area contributed by atoms with Crippen LogP contribution in [0.15, 0.2) is 25.3 Å². The van der Waals surface area contributed by atoms with Crippen LogP contribution in [-0.4, -0.2) is 13.2 Å². The molecule has 1 nitrogen and oxygen atoms in total. The monoisotopic (exact) mass is 122 g/mol. The molecule has 0 spiro atoms. The van der Waals surface area contributed by atoms with Crippen molar-refractivity contribution in [3.05, 3.63) is 25.3 Å². The first-order valence-corrected chi connectivity index (χ1v) is 2.21. The minimum atomic E-state index is 0. The van der Waals surface area contributed by atoms with Gasteiger partial charge in [0.05, 0.1) is 13.2 Å². The predicted octanol–water partition coefficient (Wildman–Crippen LogP) is -1.51. The molecule has 0 bridgehead atoms. The van der Waals surface area contributed by atoms with Gasteiger partial charge < -0.3 is 6.16 Å². The molecule has 0 aromatic rings. The molecule has 0 heterocycles. The van der Waals surface area contributed by atoms with E-state index in [4.69, 9.17) is 4.74 Å². The molecule has 0 amide bonds. The van der Waals surface area contributed by atoms with Crippen molar-refractivity contribution in [1.82, 2.24) is 0 Å². The normalized spacial score (nSPS) is 7.00. The fourth-order valence-electron chi connectivity index (χ4n) is 0.235. The van der Waals surface area contributed by atoms with Crippen molar-refractivity contribution in [2.45, 2.75) is 0 Å². The molecule has 0 rings (SSSR count). The number of ether oxygens (including phenoxy) is 1. The molecule has 0 aliphatic heterocycles. The molecular weight excluding hydrogens is 111 g/mol. The molecule has 0 N–H and O–H groups in total. The zero-order chi connectivity index (χ0) is 5.54. The van der Waals surface area contributed by atoms with Gasteiger partial charge >= 0.3 is 29.6 Å². The van der Waals surface area contributed by atoms with E-state index in [1.807, 2.05) is 0 Å². The molecule has 0 aliphatic carbocycles. The average molecular weight is 122 g/mol. The van der Waals surface area contributed by atoms with Gasteiger partial charge in [-0.2, -0.15) is 0 Å². The van der Waals surface area contributed by atoms with Gasteiger partial charge in [0.2, 0.25) is 0 Å². The van der Waals surface area contributed by atoms with Crippen LogP contribution in [0.3, 0.4) is 0 Å². The topological polar surface area (TPSA) is 9.23 Å². The molecule has 0 aromatic carbocycles. The van der Waals surface area contributed by atoms with Gasteiger partial charge in [-0.1, -0.05) is 12.2 Å². The molecule has 0 aromatic heterocycles. The van der Waals surface area contributed by atoms with Gasteiger partial charge in [-0.3, -0.25) is 0 Å². The third-order valence-corrected chi connectivity index (χ3v) is 0.471. The smallest absolute Gasteiger partial charge is 1.00 e. The summed E-state index contributed by atoms with van der Waals surface area (Å²) in [5.41, 5.74) is 0. The quantitative estimate of drug-likeness (QED) is 0.250. The van der Waals surface area contributed by atoms with Gasteiger partial charge in [0.25, 0.3) is 0 Å². The zero-order valence-corrected chi connectivity index (χ0v) is 7.39. The summed E-state index contributed by atoms with van der Waals surface area (Å²) in [5, 5.41) is 0. The molecule has 0 atom stereocenters. The van der Waals surface area contributed by atoms with Crippen molar-refractivity contribution in [2.75, 3.05) is 13.2 Å². The maximum atomic E-state index is 4.90. The van der Waals surface area contributed by atoms with Crippen LogP contribution in [0.2, 0.25) is 0 Å². The van der Waals surface area contributed by atoms with Crippen molar-refractivity contribution >= 4 is 0 Å². The second-order valence-corrected chi connectivity index (χ2v) is 1.11. The summed E-state index contributed by atoms with van der Waals surface area (Å²) in [6.07, 6.45) is 3.42. The maximum absolute atomic E-state index is 4.90. The van der Waals surface area contributed by atoms with E-state index in [-0.39, 0.29) is 31.0 Å². The fraction of sp³-hybridized carbons (Fsp3) is 0.333. The van der Waals surface area contributed by atoms with Crippen molar-refractivity contribution < 1.29 is 35.7 Å². The maximum Gasteiger partial charge on any atom is 1.00 e. The molecule has 2 heteroatoms. The Hall–Kier alpha value is 0.440. The first-order chi connectivity index (χ1) is 3.41. The summed E-state index contributed by atoms with van der Waals surface area (Å²) in [4.78, 5) is 0. The van der Waals surface area contributed by atoms with Gasteiger partial charge in [0, 0.05) is 0 Å². The Bertz CT molecular complexity index is 58.1. The van der Waals surface area contributed by atoms with Crippen LogP contribution in [0.4, 0.5) is 0 Å². The van der Waals surface area contributed by atoms with Gasteiger partial charge in [-0.25, -0.2) is 0 Å². The fourth-order valence-corrected chi connectivity index (χ4v) is 0.235. The van der Waals surface area contributed by atoms with E-state index < -0.39 is 0 Å². The SMILES string of the molecule is C=CCOCC=C.[H-].[Na+]. The summed E-state index contributed by atoms with van der Waals surface area (Å²) in [7, 11) is 0. The Morgan fingerprint density at radius 1 is 1.25 bits per heavy atom. The summed E-state index contributed by atoms with van der Waals surface area (Å²) in [6, 6.07) is 0. The molecule has 0 radical (unpaired) electrons. The second kappa shape index (κ2) is 10.4. The van der Waals surface area contributed by atoms with Crippen LogP contribution in [0, 0.1) is 0 Å². The summed E-state index contributed by atoms with van der Waals surface area (Å²) in [6.45, 7) is 8.18. The van der Waals surface area contributed by atoms with Crippen LogP contribution in [0.1, 0.15) is 1.43 Å². The largest absolute Gasteiger partial charge is 1.00 e. The van der Waals surface area contributed by atoms with E-state index in [9.17, 15) is 0 Å². The standard InChI is InChI=1S/C6H10O.Na.H/c1-3-5-7-6-4-2;;/h3-4H,1-2,5-6H2;;/q;+1;-1. The van der Waals surface area contributed by atoms with Crippen LogP contribution < -0.4 is 29.6 Å². The molecule has 0 saturated carbocycles. The Morgan fingerprint density at radius 2 is 1.62 bits per heavy atom. The van der Waals surface area contributed by atoms with Crippen LogP contribution in [-0.2, 0) is 4.74 Å². The summed E-state index contributed by atoms with van der Waals surface area (Å²) >= 11 is 0. The molecule has 8 heavy (non-hydrogen) atoms. The summed E-state index contributed by atoms with van der Waals surface area (Å²) in [5.74, 6) is 0. The van der Waals surface area contributed by atoms with Crippen LogP contribution in [0.5, 0.6) is 0 Å². The Morgan fingerprint density at radius 3 is 1.88 bits per heavy atom. The van der Waals surface area contributed by atoms with Gasteiger partial charge in [0.15, 0.2) is 0 Å². The summed E-state index contributed by atoms with van der Waals surface area (Å²) < 4.78 is 4.90. The van der Waals surface area contributed by atoms with E-state index in [1.54, 1.807) is 12.2 Å².